The summed E-state index contributed by atoms with van der Waals surface area (Å²) in [5.74, 6) is 0.964. The van der Waals surface area contributed by atoms with Crippen molar-refractivity contribution < 1.29 is 0 Å². The van der Waals surface area contributed by atoms with Crippen LogP contribution in [-0.2, 0) is 0 Å². The molecule has 1 unspecified atom stereocenters. The van der Waals surface area contributed by atoms with E-state index < -0.39 is 0 Å². The van der Waals surface area contributed by atoms with Gasteiger partial charge in [0.2, 0.25) is 0 Å². The minimum absolute atomic E-state index is 0.544. The average Bonchev–Trinajstić information content (AvgIpc) is 2.34. The van der Waals surface area contributed by atoms with Crippen molar-refractivity contribution in [3.8, 4) is 0 Å². The van der Waals surface area contributed by atoms with Crippen LogP contribution in [0.15, 0.2) is 0 Å². The van der Waals surface area contributed by atoms with Gasteiger partial charge in [-0.05, 0) is 44.6 Å². The molecule has 1 atom stereocenters. The van der Waals surface area contributed by atoms with E-state index in [1.165, 1.54) is 77.2 Å². The van der Waals surface area contributed by atoms with Gasteiger partial charge in [0, 0.05) is 5.54 Å². The van der Waals surface area contributed by atoms with Crippen LogP contribution in [0.2, 0.25) is 0 Å². The van der Waals surface area contributed by atoms with Crippen molar-refractivity contribution in [3.63, 3.8) is 0 Å². The van der Waals surface area contributed by atoms with Crippen LogP contribution >= 0.6 is 0 Å². The lowest BCUT2D eigenvalue weighted by molar-refractivity contribution is 0.136. The molecule has 1 N–H and O–H groups in total. The van der Waals surface area contributed by atoms with Gasteiger partial charge in [-0.1, -0.05) is 59.3 Å². The molecule has 0 radical (unpaired) electrons. The molecule has 1 heteroatoms. The Kier molecular flexibility index (Phi) is 7.97. The summed E-state index contributed by atoms with van der Waals surface area (Å²) in [4.78, 5) is 0. The van der Waals surface area contributed by atoms with Crippen molar-refractivity contribution in [1.29, 1.82) is 0 Å². The normalized spacial score (nSPS) is 19.5. The first-order valence-electron chi connectivity index (χ1n) is 8.51. The maximum absolute atomic E-state index is 3.89. The Morgan fingerprint density at radius 3 is 2.22 bits per heavy atom. The average molecular weight is 253 g/mol. The van der Waals surface area contributed by atoms with Crippen LogP contribution in [0, 0.1) is 5.92 Å². The molecule has 0 saturated heterocycles. The van der Waals surface area contributed by atoms with E-state index >= 15 is 0 Å². The molecular weight excluding hydrogens is 218 g/mol. The zero-order chi connectivity index (χ0) is 13.3. The number of rotatable bonds is 11. The fraction of sp³-hybridized carbons (Fsp3) is 1.00. The van der Waals surface area contributed by atoms with E-state index in [1.807, 2.05) is 0 Å². The fourth-order valence-electron chi connectivity index (χ4n) is 3.27. The third kappa shape index (κ3) is 5.30. The van der Waals surface area contributed by atoms with Gasteiger partial charge in [0.15, 0.2) is 0 Å². The van der Waals surface area contributed by atoms with E-state index in [0.29, 0.717) is 5.54 Å². The molecule has 1 rings (SSSR count). The summed E-state index contributed by atoms with van der Waals surface area (Å²) < 4.78 is 0. The van der Waals surface area contributed by atoms with Gasteiger partial charge in [-0.3, -0.25) is 0 Å². The van der Waals surface area contributed by atoms with Crippen LogP contribution in [0.3, 0.4) is 0 Å². The topological polar surface area (TPSA) is 12.0 Å². The number of hydrogen-bond acceptors (Lipinski definition) is 1. The summed E-state index contributed by atoms with van der Waals surface area (Å²) in [6.07, 6.45) is 15.5. The van der Waals surface area contributed by atoms with Crippen LogP contribution < -0.4 is 5.32 Å². The van der Waals surface area contributed by atoms with Crippen LogP contribution in [0.5, 0.6) is 0 Å². The first-order valence-corrected chi connectivity index (χ1v) is 8.51. The fourth-order valence-corrected chi connectivity index (χ4v) is 3.27. The molecule has 0 aromatic heterocycles. The second kappa shape index (κ2) is 8.96. The van der Waals surface area contributed by atoms with Gasteiger partial charge in [-0.25, -0.2) is 0 Å². The molecule has 1 saturated carbocycles. The molecule has 0 amide bonds. The molecule has 108 valence electrons. The van der Waals surface area contributed by atoms with E-state index in [0.717, 1.165) is 5.92 Å². The highest BCUT2D eigenvalue weighted by molar-refractivity contribution is 4.97. The lowest BCUT2D eigenvalue weighted by Crippen LogP contribution is -2.52. The predicted octanol–water partition coefficient (Wildman–Crippen LogP) is 5.30. The molecule has 18 heavy (non-hydrogen) atoms. The Morgan fingerprint density at radius 2 is 1.72 bits per heavy atom. The molecule has 1 fully saturated rings. The zero-order valence-corrected chi connectivity index (χ0v) is 13.1. The summed E-state index contributed by atoms with van der Waals surface area (Å²) in [7, 11) is 0. The Morgan fingerprint density at radius 1 is 1.00 bits per heavy atom. The molecule has 0 bridgehead atoms. The minimum Gasteiger partial charge on any atom is -0.311 e. The predicted molar refractivity (Wildman–Crippen MR) is 82.0 cm³/mol. The number of nitrogens with one attached hydrogen (secondary N) is 1. The van der Waals surface area contributed by atoms with E-state index in [2.05, 4.69) is 26.1 Å². The quantitative estimate of drug-likeness (QED) is 0.493. The van der Waals surface area contributed by atoms with Crippen molar-refractivity contribution in [1.82, 2.24) is 5.32 Å². The molecule has 1 aliphatic rings. The second-order valence-corrected chi connectivity index (χ2v) is 6.39. The minimum atomic E-state index is 0.544. The maximum atomic E-state index is 3.89. The monoisotopic (exact) mass is 253 g/mol. The van der Waals surface area contributed by atoms with Crippen LogP contribution in [0.25, 0.3) is 0 Å². The summed E-state index contributed by atoms with van der Waals surface area (Å²) in [5.41, 5.74) is 0.544. The first kappa shape index (κ1) is 16.0. The molecule has 0 spiro atoms. The Hall–Kier alpha value is -0.0400. The molecular formula is C17H35N. The van der Waals surface area contributed by atoms with Crippen molar-refractivity contribution in [3.05, 3.63) is 0 Å². The number of unbranched alkanes of at least 4 members (excludes halogenated alkanes) is 3. The SMILES string of the molecule is CCCCCC(CC)CC1(NCCCC)CCC1. The largest absolute Gasteiger partial charge is 0.311 e. The van der Waals surface area contributed by atoms with E-state index in [4.69, 9.17) is 0 Å². The Balaban J connectivity index is 2.29. The van der Waals surface area contributed by atoms with Crippen LogP contribution in [0.4, 0.5) is 0 Å². The maximum Gasteiger partial charge on any atom is 0.0184 e. The third-order valence-corrected chi connectivity index (χ3v) is 4.81. The van der Waals surface area contributed by atoms with Gasteiger partial charge in [0.05, 0.1) is 0 Å². The van der Waals surface area contributed by atoms with Crippen molar-refractivity contribution >= 4 is 0 Å². The highest BCUT2D eigenvalue weighted by Crippen LogP contribution is 2.39. The standard InChI is InChI=1S/C17H35N/c1-4-7-9-11-16(6-3)15-17(12-10-13-17)18-14-8-5-2/h16,18H,4-15H2,1-3H3. The van der Waals surface area contributed by atoms with Gasteiger partial charge >= 0.3 is 0 Å². The second-order valence-electron chi connectivity index (χ2n) is 6.39. The summed E-state index contributed by atoms with van der Waals surface area (Å²) >= 11 is 0. The van der Waals surface area contributed by atoms with E-state index in [-0.39, 0.29) is 0 Å². The van der Waals surface area contributed by atoms with Gasteiger partial charge in [-0.15, -0.1) is 0 Å². The van der Waals surface area contributed by atoms with E-state index in [9.17, 15) is 0 Å². The molecule has 1 nitrogen and oxygen atoms in total. The molecule has 0 aromatic rings. The van der Waals surface area contributed by atoms with Gasteiger partial charge < -0.3 is 5.32 Å². The summed E-state index contributed by atoms with van der Waals surface area (Å²) in [6, 6.07) is 0. The molecule has 0 aliphatic heterocycles. The lowest BCUT2D eigenvalue weighted by Gasteiger charge is -2.45. The third-order valence-electron chi connectivity index (χ3n) is 4.81. The van der Waals surface area contributed by atoms with Crippen LogP contribution in [-0.4, -0.2) is 12.1 Å². The first-order chi connectivity index (χ1) is 8.76. The molecule has 1 aliphatic carbocycles. The van der Waals surface area contributed by atoms with Crippen LogP contribution in [0.1, 0.15) is 91.4 Å². The summed E-state index contributed by atoms with van der Waals surface area (Å²) in [5, 5.41) is 3.89. The van der Waals surface area contributed by atoms with Crippen molar-refractivity contribution in [2.75, 3.05) is 6.54 Å². The summed E-state index contributed by atoms with van der Waals surface area (Å²) in [6.45, 7) is 8.21. The highest BCUT2D eigenvalue weighted by Gasteiger charge is 2.37. The van der Waals surface area contributed by atoms with Crippen molar-refractivity contribution in [2.45, 2.75) is 96.9 Å². The Bertz CT molecular complexity index is 196. The molecule has 0 aromatic carbocycles. The van der Waals surface area contributed by atoms with Gasteiger partial charge in [0.25, 0.3) is 0 Å². The highest BCUT2D eigenvalue weighted by atomic mass is 15.0. The Labute approximate surface area is 115 Å². The number of hydrogen-bond donors (Lipinski definition) is 1. The van der Waals surface area contributed by atoms with Gasteiger partial charge in [0.1, 0.15) is 0 Å². The van der Waals surface area contributed by atoms with E-state index in [1.54, 1.807) is 0 Å². The zero-order valence-electron chi connectivity index (χ0n) is 13.1. The molecule has 0 heterocycles. The smallest absolute Gasteiger partial charge is 0.0184 e. The van der Waals surface area contributed by atoms with Crippen molar-refractivity contribution in [2.24, 2.45) is 5.92 Å². The lowest BCUT2D eigenvalue weighted by atomic mass is 9.70. The van der Waals surface area contributed by atoms with Gasteiger partial charge in [-0.2, -0.15) is 0 Å².